The Morgan fingerprint density at radius 2 is 1.11 bits per heavy atom. The zero-order valence-corrected chi connectivity index (χ0v) is 35.3. The molecule has 4 aliphatic rings. The number of rotatable bonds is 8. The van der Waals surface area contributed by atoms with Crippen molar-refractivity contribution < 1.29 is 9.59 Å². The van der Waals surface area contributed by atoms with E-state index < -0.39 is 0 Å². The Morgan fingerprint density at radius 1 is 0.636 bits per heavy atom. The van der Waals surface area contributed by atoms with E-state index in [0.29, 0.717) is 48.1 Å². The molecule has 0 saturated heterocycles. The molecule has 55 heavy (non-hydrogen) atoms. The molecule has 0 aromatic heterocycles. The molecule has 3 aromatic rings. The highest BCUT2D eigenvalue weighted by molar-refractivity contribution is 5.93. The van der Waals surface area contributed by atoms with Gasteiger partial charge in [-0.05, 0) is 155 Å². The summed E-state index contributed by atoms with van der Waals surface area (Å²) in [5.41, 5.74) is 11.6. The summed E-state index contributed by atoms with van der Waals surface area (Å²) in [7, 11) is 0. The average Bonchev–Trinajstić information content (AvgIpc) is 3.14. The fourth-order valence-electron chi connectivity index (χ4n) is 12.2. The lowest BCUT2D eigenvalue weighted by molar-refractivity contribution is 0.0281. The summed E-state index contributed by atoms with van der Waals surface area (Å²) >= 11 is 0. The summed E-state index contributed by atoms with van der Waals surface area (Å²) in [6, 6.07) is 19.8. The van der Waals surface area contributed by atoms with Gasteiger partial charge in [-0.25, -0.2) is 9.59 Å². The quantitative estimate of drug-likeness (QED) is 0.185. The maximum atomic E-state index is 13.5. The van der Waals surface area contributed by atoms with E-state index in [2.05, 4.69) is 113 Å². The van der Waals surface area contributed by atoms with Crippen molar-refractivity contribution >= 4 is 23.4 Å². The molecule has 4 aliphatic carbocycles. The van der Waals surface area contributed by atoms with E-state index in [9.17, 15) is 9.59 Å². The van der Waals surface area contributed by atoms with E-state index >= 15 is 0 Å². The zero-order valence-electron chi connectivity index (χ0n) is 35.3. The van der Waals surface area contributed by atoms with Crippen molar-refractivity contribution in [3.63, 3.8) is 0 Å². The Bertz CT molecular complexity index is 1930. The monoisotopic (exact) mass is 745 g/mol. The molecule has 6 atom stereocenters. The van der Waals surface area contributed by atoms with Crippen molar-refractivity contribution in [2.45, 2.75) is 149 Å². The molecule has 0 bridgehead atoms. The highest BCUT2D eigenvalue weighted by Gasteiger charge is 2.53. The summed E-state index contributed by atoms with van der Waals surface area (Å²) in [4.78, 5) is 26.9. The normalized spacial score (nSPS) is 29.7. The van der Waals surface area contributed by atoms with Gasteiger partial charge in [-0.2, -0.15) is 0 Å². The van der Waals surface area contributed by atoms with E-state index in [1.165, 1.54) is 59.1 Å². The lowest BCUT2D eigenvalue weighted by Gasteiger charge is -2.55. The Morgan fingerprint density at radius 3 is 1.58 bits per heavy atom. The average molecular weight is 745 g/mol. The second-order valence-corrected chi connectivity index (χ2v) is 19.8. The molecule has 296 valence electrons. The fraction of sp³-hybridized carbons (Fsp3) is 0.592. The van der Waals surface area contributed by atoms with Gasteiger partial charge in [0.15, 0.2) is 0 Å². The van der Waals surface area contributed by atoms with Crippen LogP contribution in [-0.2, 0) is 23.7 Å². The molecule has 6 unspecified atom stereocenters. The fourth-order valence-corrected chi connectivity index (χ4v) is 12.2. The number of carbonyl (C=O) groups excluding carboxylic acids is 2. The van der Waals surface area contributed by atoms with Crippen molar-refractivity contribution in [1.29, 1.82) is 0 Å². The van der Waals surface area contributed by atoms with E-state index in [1.54, 1.807) is 0 Å². The zero-order chi connectivity index (χ0) is 39.3. The molecule has 3 aromatic carbocycles. The third-order valence-corrected chi connectivity index (χ3v) is 15.4. The van der Waals surface area contributed by atoms with Crippen LogP contribution < -0.4 is 21.3 Å². The van der Waals surface area contributed by atoms with Crippen LogP contribution in [0.1, 0.15) is 158 Å². The first kappa shape index (κ1) is 39.4. The number of amides is 4. The van der Waals surface area contributed by atoms with Gasteiger partial charge in [0, 0.05) is 24.5 Å². The molecule has 7 rings (SSSR count). The van der Waals surface area contributed by atoms with E-state index in [4.69, 9.17) is 0 Å². The van der Waals surface area contributed by atoms with Crippen LogP contribution >= 0.6 is 0 Å². The van der Waals surface area contributed by atoms with Crippen LogP contribution in [0.25, 0.3) is 0 Å². The van der Waals surface area contributed by atoms with Crippen LogP contribution in [0, 0.1) is 29.6 Å². The second kappa shape index (κ2) is 14.9. The number of benzene rings is 3. The smallest absolute Gasteiger partial charge is 0.319 e. The van der Waals surface area contributed by atoms with Crippen LogP contribution in [0.4, 0.5) is 21.0 Å². The maximum Gasteiger partial charge on any atom is 0.319 e. The van der Waals surface area contributed by atoms with Crippen molar-refractivity contribution in [3.8, 4) is 0 Å². The minimum Gasteiger partial charge on any atom is -0.337 e. The third kappa shape index (κ3) is 7.44. The summed E-state index contributed by atoms with van der Waals surface area (Å²) in [5, 5.41) is 12.7. The number of carbonyl (C=O) groups is 2. The first-order valence-electron chi connectivity index (χ1n) is 21.5. The standard InChI is InChI=1S/C49H68N4O2/c1-31(2)34-13-18-39-36(26-34)15-20-42-46(6,22-10-24-48(39,42)8)29-50-44(54)52-38-17-12-33(5)41(28-38)53-45(55)51-30-47(7)23-11-25-49(9)40-19-14-35(32(3)4)27-37(40)16-21-43(47)49/h12-14,17-19,26-28,31-32,42-43H,10-11,15-16,20-25,29-30H2,1-9H3,(H2,50,52,54)(H2,51,53,55). The summed E-state index contributed by atoms with van der Waals surface area (Å²) in [6.45, 7) is 22.1. The number of urea groups is 2. The van der Waals surface area contributed by atoms with Gasteiger partial charge in [0.2, 0.25) is 0 Å². The predicted molar refractivity (Wildman–Crippen MR) is 229 cm³/mol. The highest BCUT2D eigenvalue weighted by Crippen LogP contribution is 2.58. The van der Waals surface area contributed by atoms with Gasteiger partial charge in [-0.1, -0.05) is 111 Å². The first-order valence-corrected chi connectivity index (χ1v) is 21.5. The van der Waals surface area contributed by atoms with Gasteiger partial charge >= 0.3 is 12.1 Å². The lowest BCUT2D eigenvalue weighted by Crippen LogP contribution is -2.53. The predicted octanol–water partition coefficient (Wildman–Crippen LogP) is 11.9. The second-order valence-electron chi connectivity index (χ2n) is 19.8. The molecule has 6 nitrogen and oxygen atoms in total. The highest BCUT2D eigenvalue weighted by atomic mass is 16.2. The minimum absolute atomic E-state index is 0.0139. The molecule has 2 fully saturated rings. The number of anilines is 2. The molecular weight excluding hydrogens is 677 g/mol. The molecular formula is C49H68N4O2. The molecule has 0 spiro atoms. The number of nitrogens with one attached hydrogen (secondary N) is 4. The third-order valence-electron chi connectivity index (χ3n) is 15.4. The van der Waals surface area contributed by atoms with Crippen molar-refractivity contribution in [2.24, 2.45) is 22.7 Å². The Balaban J connectivity index is 0.956. The summed E-state index contributed by atoms with van der Waals surface area (Å²) in [5.74, 6) is 2.09. The van der Waals surface area contributed by atoms with Gasteiger partial charge < -0.3 is 21.3 Å². The van der Waals surface area contributed by atoms with Crippen molar-refractivity contribution in [2.75, 3.05) is 23.7 Å². The molecule has 0 radical (unpaired) electrons. The van der Waals surface area contributed by atoms with Crippen molar-refractivity contribution in [1.82, 2.24) is 10.6 Å². The van der Waals surface area contributed by atoms with Gasteiger partial charge in [0.25, 0.3) is 0 Å². The molecule has 4 N–H and O–H groups in total. The van der Waals surface area contributed by atoms with Gasteiger partial charge in [0.1, 0.15) is 0 Å². The lowest BCUT2D eigenvalue weighted by atomic mass is 9.49. The van der Waals surface area contributed by atoms with E-state index in [-0.39, 0.29) is 33.7 Å². The summed E-state index contributed by atoms with van der Waals surface area (Å²) in [6.07, 6.45) is 11.5. The van der Waals surface area contributed by atoms with Crippen LogP contribution in [0.15, 0.2) is 54.6 Å². The van der Waals surface area contributed by atoms with Gasteiger partial charge in [-0.15, -0.1) is 0 Å². The number of hydrogen-bond acceptors (Lipinski definition) is 2. The number of aryl methyl sites for hydroxylation is 3. The largest absolute Gasteiger partial charge is 0.337 e. The first-order chi connectivity index (χ1) is 26.0. The topological polar surface area (TPSA) is 82.3 Å². The van der Waals surface area contributed by atoms with Crippen LogP contribution in [0.3, 0.4) is 0 Å². The van der Waals surface area contributed by atoms with Gasteiger partial charge in [0.05, 0.1) is 0 Å². The van der Waals surface area contributed by atoms with Crippen LogP contribution in [0.5, 0.6) is 0 Å². The number of hydrogen-bond donors (Lipinski definition) is 4. The van der Waals surface area contributed by atoms with Crippen LogP contribution in [0.2, 0.25) is 0 Å². The van der Waals surface area contributed by atoms with Crippen molar-refractivity contribution in [3.05, 3.63) is 93.5 Å². The minimum atomic E-state index is -0.201. The van der Waals surface area contributed by atoms with E-state index in [1.807, 2.05) is 25.1 Å². The van der Waals surface area contributed by atoms with Gasteiger partial charge in [-0.3, -0.25) is 0 Å². The molecule has 4 amide bonds. The Hall–Kier alpha value is -3.80. The molecule has 2 saturated carbocycles. The molecule has 0 aliphatic heterocycles. The summed E-state index contributed by atoms with van der Waals surface area (Å²) < 4.78 is 0. The van der Waals surface area contributed by atoms with E-state index in [0.717, 1.165) is 44.1 Å². The Kier molecular flexibility index (Phi) is 10.7. The maximum absolute atomic E-state index is 13.5. The Labute approximate surface area is 331 Å². The van der Waals surface area contributed by atoms with Crippen LogP contribution in [-0.4, -0.2) is 25.2 Å². The SMILES string of the molecule is Cc1ccc(NC(=O)NCC2(C)CCCC3(C)c4ccc(C(C)C)cc4CCC23)cc1NC(=O)NCC1(C)CCCC2(C)c3ccc(C(C)C)cc3CCC12. The number of fused-ring (bicyclic) bond motifs is 6. The molecule has 0 heterocycles. The molecule has 6 heteroatoms.